The van der Waals surface area contributed by atoms with E-state index in [2.05, 4.69) is 19.6 Å². The van der Waals surface area contributed by atoms with E-state index in [1.165, 1.54) is 18.3 Å². The molecule has 1 fully saturated rings. The molecule has 0 aliphatic carbocycles. The van der Waals surface area contributed by atoms with Gasteiger partial charge in [0.15, 0.2) is 11.4 Å². The molecule has 24 heavy (non-hydrogen) atoms. The predicted octanol–water partition coefficient (Wildman–Crippen LogP) is 4.15. The molecule has 1 N–H and O–H groups in total. The summed E-state index contributed by atoms with van der Waals surface area (Å²) in [7, 11) is 0. The highest BCUT2D eigenvalue weighted by atomic mass is 16.4. The third kappa shape index (κ3) is 2.78. The first-order valence-electron chi connectivity index (χ1n) is 7.51. The van der Waals surface area contributed by atoms with Gasteiger partial charge in [0, 0.05) is 25.0 Å². The zero-order valence-electron chi connectivity index (χ0n) is 12.9. The minimum atomic E-state index is -1.04. The quantitative estimate of drug-likeness (QED) is 0.864. The fraction of sp³-hybridized carbons (Fsp3) is 0.222. The van der Waals surface area contributed by atoms with Crippen LogP contribution in [0.5, 0.6) is 0 Å². The molecule has 1 aromatic carbocycles. The number of anilines is 1. The first-order chi connectivity index (χ1) is 11.6. The molecular formula is C18H14N4O2. The van der Waals surface area contributed by atoms with E-state index in [1.54, 1.807) is 12.1 Å². The SMILES string of the molecule is [C-]#[N+]c1cc(-c2cc(C(=O)O)ccn2)cc([N+]#[C-])c1N1CCCC1. The van der Waals surface area contributed by atoms with Gasteiger partial charge in [-0.2, -0.15) is 0 Å². The summed E-state index contributed by atoms with van der Waals surface area (Å²) in [6.07, 6.45) is 3.53. The molecule has 1 saturated heterocycles. The van der Waals surface area contributed by atoms with Crippen LogP contribution in [0.3, 0.4) is 0 Å². The van der Waals surface area contributed by atoms with Crippen molar-refractivity contribution in [1.29, 1.82) is 0 Å². The number of carbonyl (C=O) groups is 1. The maximum Gasteiger partial charge on any atom is 0.335 e. The molecule has 0 saturated carbocycles. The summed E-state index contributed by atoms with van der Waals surface area (Å²) >= 11 is 0. The number of rotatable bonds is 3. The smallest absolute Gasteiger partial charge is 0.335 e. The van der Waals surface area contributed by atoms with E-state index in [0.29, 0.717) is 28.3 Å². The van der Waals surface area contributed by atoms with Gasteiger partial charge in [-0.1, -0.05) is 0 Å². The van der Waals surface area contributed by atoms with Crippen LogP contribution in [0.15, 0.2) is 30.5 Å². The second kappa shape index (κ2) is 6.39. The Morgan fingerprint density at radius 2 is 1.75 bits per heavy atom. The normalized spacial score (nSPS) is 13.3. The van der Waals surface area contributed by atoms with Gasteiger partial charge < -0.3 is 10.0 Å². The number of aromatic nitrogens is 1. The summed E-state index contributed by atoms with van der Waals surface area (Å²) < 4.78 is 0. The average Bonchev–Trinajstić information content (AvgIpc) is 3.14. The van der Waals surface area contributed by atoms with Gasteiger partial charge in [-0.3, -0.25) is 4.98 Å². The van der Waals surface area contributed by atoms with Crippen molar-refractivity contribution in [2.45, 2.75) is 12.8 Å². The molecule has 1 aliphatic rings. The minimum Gasteiger partial charge on any atom is -0.478 e. The Balaban J connectivity index is 2.14. The molecule has 3 rings (SSSR count). The molecule has 0 unspecified atom stereocenters. The second-order valence-electron chi connectivity index (χ2n) is 5.52. The molecule has 1 aliphatic heterocycles. The number of pyridine rings is 1. The van der Waals surface area contributed by atoms with Crippen molar-refractivity contribution in [3.8, 4) is 11.3 Å². The highest BCUT2D eigenvalue weighted by molar-refractivity contribution is 5.92. The van der Waals surface area contributed by atoms with Crippen molar-refractivity contribution >= 4 is 23.0 Å². The van der Waals surface area contributed by atoms with E-state index >= 15 is 0 Å². The van der Waals surface area contributed by atoms with Gasteiger partial charge in [0.2, 0.25) is 0 Å². The third-order valence-electron chi connectivity index (χ3n) is 4.04. The van der Waals surface area contributed by atoms with E-state index in [1.807, 2.05) is 0 Å². The average molecular weight is 318 g/mol. The lowest BCUT2D eigenvalue weighted by atomic mass is 10.1. The number of carboxylic acid groups (broad SMARTS) is 1. The molecule has 0 spiro atoms. The predicted molar refractivity (Wildman–Crippen MR) is 90.6 cm³/mol. The van der Waals surface area contributed by atoms with E-state index in [-0.39, 0.29) is 5.56 Å². The zero-order chi connectivity index (χ0) is 17.1. The molecular weight excluding hydrogens is 304 g/mol. The Morgan fingerprint density at radius 1 is 1.12 bits per heavy atom. The fourth-order valence-corrected chi connectivity index (χ4v) is 2.91. The lowest BCUT2D eigenvalue weighted by Gasteiger charge is -2.22. The highest BCUT2D eigenvalue weighted by Gasteiger charge is 2.21. The summed E-state index contributed by atoms with van der Waals surface area (Å²) in [5.41, 5.74) is 2.63. The van der Waals surface area contributed by atoms with Crippen molar-refractivity contribution in [1.82, 2.24) is 4.98 Å². The summed E-state index contributed by atoms with van der Waals surface area (Å²) in [5.74, 6) is -1.04. The molecule has 0 amide bonds. The molecule has 0 bridgehead atoms. The highest BCUT2D eigenvalue weighted by Crippen LogP contribution is 2.43. The van der Waals surface area contributed by atoms with Crippen LogP contribution in [0.25, 0.3) is 20.9 Å². The van der Waals surface area contributed by atoms with Crippen LogP contribution >= 0.6 is 0 Å². The number of aromatic carboxylic acids is 1. The van der Waals surface area contributed by atoms with Crippen LogP contribution in [0.2, 0.25) is 0 Å². The summed E-state index contributed by atoms with van der Waals surface area (Å²) in [6.45, 7) is 16.6. The lowest BCUT2D eigenvalue weighted by molar-refractivity contribution is 0.0697. The molecule has 2 heterocycles. The second-order valence-corrected chi connectivity index (χ2v) is 5.52. The Kier molecular flexibility index (Phi) is 4.13. The van der Waals surface area contributed by atoms with Gasteiger partial charge in [0.25, 0.3) is 0 Å². The van der Waals surface area contributed by atoms with Gasteiger partial charge in [0.1, 0.15) is 0 Å². The van der Waals surface area contributed by atoms with Gasteiger partial charge in [-0.25, -0.2) is 14.5 Å². The van der Waals surface area contributed by atoms with Crippen LogP contribution in [-0.4, -0.2) is 29.1 Å². The Hall–Kier alpha value is -3.38. The van der Waals surface area contributed by atoms with E-state index in [9.17, 15) is 4.79 Å². The maximum atomic E-state index is 11.1. The molecule has 2 aromatic rings. The largest absolute Gasteiger partial charge is 0.478 e. The van der Waals surface area contributed by atoms with E-state index < -0.39 is 5.97 Å². The number of benzene rings is 1. The Morgan fingerprint density at radius 3 is 2.29 bits per heavy atom. The number of hydrogen-bond donors (Lipinski definition) is 1. The van der Waals surface area contributed by atoms with Gasteiger partial charge in [-0.05, 0) is 42.7 Å². The first kappa shape index (κ1) is 15.5. The van der Waals surface area contributed by atoms with Crippen molar-refractivity contribution in [2.24, 2.45) is 0 Å². The van der Waals surface area contributed by atoms with Crippen LogP contribution in [0.1, 0.15) is 23.2 Å². The standard InChI is InChI=1S/C18H14N4O2/c1-19-15-10-13(14-9-12(18(23)24)5-6-21-14)11-16(20-2)17(15)22-7-3-4-8-22/h5-6,9-11H,3-4,7-8H2,(H,23,24). The maximum absolute atomic E-state index is 11.1. The minimum absolute atomic E-state index is 0.123. The molecule has 6 nitrogen and oxygen atoms in total. The van der Waals surface area contributed by atoms with Crippen molar-refractivity contribution in [3.05, 3.63) is 58.9 Å². The summed E-state index contributed by atoms with van der Waals surface area (Å²) in [4.78, 5) is 24.6. The topological polar surface area (TPSA) is 62.1 Å². The number of carboxylic acids is 1. The monoisotopic (exact) mass is 318 g/mol. The van der Waals surface area contributed by atoms with E-state index in [0.717, 1.165) is 25.9 Å². The summed E-state index contributed by atoms with van der Waals surface area (Å²) in [5, 5.41) is 9.11. The molecule has 6 heteroatoms. The lowest BCUT2D eigenvalue weighted by Crippen LogP contribution is -2.17. The molecule has 118 valence electrons. The van der Waals surface area contributed by atoms with Crippen LogP contribution in [-0.2, 0) is 0 Å². The van der Waals surface area contributed by atoms with Gasteiger partial charge in [-0.15, -0.1) is 0 Å². The zero-order valence-corrected chi connectivity index (χ0v) is 12.9. The van der Waals surface area contributed by atoms with Gasteiger partial charge in [0.05, 0.1) is 24.4 Å². The fourth-order valence-electron chi connectivity index (χ4n) is 2.91. The summed E-state index contributed by atoms with van der Waals surface area (Å²) in [6, 6.07) is 6.23. The number of nitrogens with zero attached hydrogens (tertiary/aromatic N) is 4. The van der Waals surface area contributed by atoms with Crippen LogP contribution in [0, 0.1) is 13.1 Å². The third-order valence-corrected chi connectivity index (χ3v) is 4.04. The van der Waals surface area contributed by atoms with Crippen LogP contribution < -0.4 is 4.90 Å². The molecule has 1 aromatic heterocycles. The molecule has 0 radical (unpaired) electrons. The van der Waals surface area contributed by atoms with E-state index in [4.69, 9.17) is 18.3 Å². The Labute approximate surface area is 139 Å². The van der Waals surface area contributed by atoms with Crippen molar-refractivity contribution in [3.63, 3.8) is 0 Å². The van der Waals surface area contributed by atoms with Crippen LogP contribution in [0.4, 0.5) is 17.1 Å². The van der Waals surface area contributed by atoms with Gasteiger partial charge >= 0.3 is 5.97 Å². The first-order valence-corrected chi connectivity index (χ1v) is 7.51. The molecule has 0 atom stereocenters. The Bertz CT molecular complexity index is 852. The van der Waals surface area contributed by atoms with Crippen molar-refractivity contribution in [2.75, 3.05) is 18.0 Å². The number of hydrogen-bond acceptors (Lipinski definition) is 3. The van der Waals surface area contributed by atoms with Crippen molar-refractivity contribution < 1.29 is 9.90 Å².